The average molecular weight is 314 g/mol. The number of nitrogens with zero attached hydrogens (tertiary/aromatic N) is 1. The van der Waals surface area contributed by atoms with Crippen molar-refractivity contribution in [3.63, 3.8) is 0 Å². The van der Waals surface area contributed by atoms with Crippen LogP contribution >= 0.6 is 0 Å². The van der Waals surface area contributed by atoms with Gasteiger partial charge in [-0.1, -0.05) is 6.07 Å². The molecule has 0 saturated carbocycles. The van der Waals surface area contributed by atoms with Gasteiger partial charge in [0.2, 0.25) is 0 Å². The molecule has 0 unspecified atom stereocenters. The standard InChI is InChI=1S/C12H12F6N2O/c1-20(2)6-7-3-4-8(5-9(7)11(13,14)15)19-10(21)12(16,17)18/h3-5H,6H2,1-2H3,(H,19,21). The van der Waals surface area contributed by atoms with Crippen molar-refractivity contribution in [2.24, 2.45) is 0 Å². The molecule has 0 bridgehead atoms. The molecule has 0 atom stereocenters. The summed E-state index contributed by atoms with van der Waals surface area (Å²) >= 11 is 0. The lowest BCUT2D eigenvalue weighted by molar-refractivity contribution is -0.167. The summed E-state index contributed by atoms with van der Waals surface area (Å²) in [5, 5.41) is 1.40. The van der Waals surface area contributed by atoms with Crippen LogP contribution in [0.2, 0.25) is 0 Å². The molecule has 1 N–H and O–H groups in total. The van der Waals surface area contributed by atoms with Gasteiger partial charge in [-0.3, -0.25) is 4.79 Å². The Morgan fingerprint density at radius 1 is 1.14 bits per heavy atom. The second-order valence-corrected chi connectivity index (χ2v) is 4.56. The molecule has 9 heteroatoms. The van der Waals surface area contributed by atoms with Gasteiger partial charge in [-0.15, -0.1) is 0 Å². The first-order valence-corrected chi connectivity index (χ1v) is 5.64. The lowest BCUT2D eigenvalue weighted by atomic mass is 10.1. The van der Waals surface area contributed by atoms with Gasteiger partial charge in [-0.25, -0.2) is 0 Å². The van der Waals surface area contributed by atoms with E-state index >= 15 is 0 Å². The largest absolute Gasteiger partial charge is 0.471 e. The van der Waals surface area contributed by atoms with E-state index in [1.165, 1.54) is 10.2 Å². The van der Waals surface area contributed by atoms with Crippen LogP contribution in [-0.2, 0) is 17.5 Å². The molecular formula is C12H12F6N2O. The van der Waals surface area contributed by atoms with E-state index in [0.29, 0.717) is 6.07 Å². The number of benzene rings is 1. The first kappa shape index (κ1) is 17.3. The fourth-order valence-corrected chi connectivity index (χ4v) is 1.60. The maximum Gasteiger partial charge on any atom is 0.471 e. The average Bonchev–Trinajstić information content (AvgIpc) is 2.27. The smallest absolute Gasteiger partial charge is 0.318 e. The topological polar surface area (TPSA) is 32.3 Å². The van der Waals surface area contributed by atoms with Crippen LogP contribution in [0.3, 0.4) is 0 Å². The summed E-state index contributed by atoms with van der Waals surface area (Å²) in [4.78, 5) is 12.2. The van der Waals surface area contributed by atoms with Crippen molar-refractivity contribution in [2.45, 2.75) is 18.9 Å². The van der Waals surface area contributed by atoms with E-state index in [2.05, 4.69) is 0 Å². The van der Waals surface area contributed by atoms with Crippen LogP contribution in [0.4, 0.5) is 32.0 Å². The van der Waals surface area contributed by atoms with Crippen molar-refractivity contribution in [1.82, 2.24) is 4.90 Å². The molecule has 0 saturated heterocycles. The maximum absolute atomic E-state index is 12.9. The van der Waals surface area contributed by atoms with E-state index in [1.54, 1.807) is 14.1 Å². The Bertz CT molecular complexity index is 521. The van der Waals surface area contributed by atoms with Crippen molar-refractivity contribution in [1.29, 1.82) is 0 Å². The molecule has 1 amide bonds. The molecule has 0 radical (unpaired) electrons. The Morgan fingerprint density at radius 2 is 1.71 bits per heavy atom. The van der Waals surface area contributed by atoms with Gasteiger partial charge in [-0.2, -0.15) is 26.3 Å². The normalized spacial score (nSPS) is 12.6. The van der Waals surface area contributed by atoms with Crippen molar-refractivity contribution >= 4 is 11.6 Å². The third-order valence-electron chi connectivity index (χ3n) is 2.42. The van der Waals surface area contributed by atoms with E-state index in [4.69, 9.17) is 0 Å². The Kier molecular flexibility index (Phi) is 4.87. The molecule has 0 aromatic heterocycles. The number of hydrogen-bond donors (Lipinski definition) is 1. The third kappa shape index (κ3) is 4.92. The quantitative estimate of drug-likeness (QED) is 0.869. The van der Waals surface area contributed by atoms with E-state index < -0.39 is 29.5 Å². The molecule has 1 aromatic rings. The molecular weight excluding hydrogens is 302 g/mol. The van der Waals surface area contributed by atoms with Crippen molar-refractivity contribution in [3.05, 3.63) is 29.3 Å². The number of hydrogen-bond acceptors (Lipinski definition) is 2. The number of carbonyl (C=O) groups is 1. The third-order valence-corrected chi connectivity index (χ3v) is 2.42. The molecule has 1 rings (SSSR count). The Balaban J connectivity index is 3.14. The minimum Gasteiger partial charge on any atom is -0.318 e. The number of carbonyl (C=O) groups excluding carboxylic acids is 1. The number of amides is 1. The summed E-state index contributed by atoms with van der Waals surface area (Å²) in [5.74, 6) is -2.32. The second kappa shape index (κ2) is 5.92. The zero-order valence-corrected chi connectivity index (χ0v) is 11.1. The summed E-state index contributed by atoms with van der Waals surface area (Å²) in [7, 11) is 3.11. The molecule has 0 aliphatic heterocycles. The zero-order chi connectivity index (χ0) is 16.4. The van der Waals surface area contributed by atoms with E-state index in [-0.39, 0.29) is 12.1 Å². The van der Waals surface area contributed by atoms with E-state index in [1.807, 2.05) is 0 Å². The Labute approximate surface area is 116 Å². The number of alkyl halides is 6. The Hall–Kier alpha value is -1.77. The van der Waals surface area contributed by atoms with Crippen LogP contribution in [0.25, 0.3) is 0 Å². The van der Waals surface area contributed by atoms with Crippen molar-refractivity contribution in [2.75, 3.05) is 19.4 Å². The highest BCUT2D eigenvalue weighted by Crippen LogP contribution is 2.34. The summed E-state index contributed by atoms with van der Waals surface area (Å²) in [6.45, 7) is -0.0393. The number of nitrogens with one attached hydrogen (secondary N) is 1. The van der Waals surface area contributed by atoms with Gasteiger partial charge in [0.1, 0.15) is 0 Å². The van der Waals surface area contributed by atoms with E-state index in [0.717, 1.165) is 12.1 Å². The first-order valence-electron chi connectivity index (χ1n) is 5.64. The molecule has 0 aliphatic rings. The summed E-state index contributed by atoms with van der Waals surface area (Å²) in [6, 6.07) is 2.52. The summed E-state index contributed by atoms with van der Waals surface area (Å²) in [6.07, 6.45) is -9.90. The molecule has 0 spiro atoms. The van der Waals surface area contributed by atoms with Crippen LogP contribution in [0, 0.1) is 0 Å². The minimum absolute atomic E-state index is 0.0393. The van der Waals surface area contributed by atoms with Gasteiger partial charge in [0.15, 0.2) is 0 Å². The highest BCUT2D eigenvalue weighted by atomic mass is 19.4. The second-order valence-electron chi connectivity index (χ2n) is 4.56. The Morgan fingerprint density at radius 3 is 2.14 bits per heavy atom. The lowest BCUT2D eigenvalue weighted by Gasteiger charge is -2.18. The monoisotopic (exact) mass is 314 g/mol. The predicted octanol–water partition coefficient (Wildman–Crippen LogP) is 3.27. The van der Waals surface area contributed by atoms with Crippen molar-refractivity contribution in [3.8, 4) is 0 Å². The SMILES string of the molecule is CN(C)Cc1ccc(NC(=O)C(F)(F)F)cc1C(F)(F)F. The fourth-order valence-electron chi connectivity index (χ4n) is 1.60. The van der Waals surface area contributed by atoms with Gasteiger partial charge in [0, 0.05) is 12.2 Å². The molecule has 3 nitrogen and oxygen atoms in total. The molecule has 1 aromatic carbocycles. The minimum atomic E-state index is -5.17. The zero-order valence-electron chi connectivity index (χ0n) is 11.1. The first-order chi connectivity index (χ1) is 9.41. The molecule has 21 heavy (non-hydrogen) atoms. The molecule has 118 valence electrons. The molecule has 0 aliphatic carbocycles. The highest BCUT2D eigenvalue weighted by Gasteiger charge is 2.39. The van der Waals surface area contributed by atoms with Crippen LogP contribution in [-0.4, -0.2) is 31.1 Å². The summed E-state index contributed by atoms with van der Waals surface area (Å²) < 4.78 is 74.9. The van der Waals surface area contributed by atoms with E-state index in [9.17, 15) is 31.1 Å². The number of rotatable bonds is 3. The van der Waals surface area contributed by atoms with Crippen LogP contribution in [0.1, 0.15) is 11.1 Å². The molecule has 0 heterocycles. The van der Waals surface area contributed by atoms with Crippen LogP contribution in [0.15, 0.2) is 18.2 Å². The summed E-state index contributed by atoms with van der Waals surface area (Å²) in [5.41, 5.74) is -1.75. The molecule has 0 fully saturated rings. The number of halogens is 6. The van der Waals surface area contributed by atoms with Gasteiger partial charge in [-0.05, 0) is 31.8 Å². The van der Waals surface area contributed by atoms with Crippen molar-refractivity contribution < 1.29 is 31.1 Å². The van der Waals surface area contributed by atoms with Crippen LogP contribution < -0.4 is 5.32 Å². The lowest BCUT2D eigenvalue weighted by Crippen LogP contribution is -2.30. The van der Waals surface area contributed by atoms with Gasteiger partial charge in [0.25, 0.3) is 0 Å². The predicted molar refractivity (Wildman–Crippen MR) is 63.5 cm³/mol. The fraction of sp³-hybridized carbons (Fsp3) is 0.417. The van der Waals surface area contributed by atoms with Gasteiger partial charge in [0.05, 0.1) is 5.56 Å². The van der Waals surface area contributed by atoms with Crippen LogP contribution in [0.5, 0.6) is 0 Å². The highest BCUT2D eigenvalue weighted by molar-refractivity contribution is 5.95. The maximum atomic E-state index is 12.9. The van der Waals surface area contributed by atoms with Gasteiger partial charge < -0.3 is 10.2 Å². The number of anilines is 1. The van der Waals surface area contributed by atoms with Gasteiger partial charge >= 0.3 is 18.3 Å².